The highest BCUT2D eigenvalue weighted by molar-refractivity contribution is 5.76. The number of alkyl halides is 2. The number of benzene rings is 1. The van der Waals surface area contributed by atoms with E-state index in [1.54, 1.807) is 12.1 Å². The molecule has 3 rings (SSSR count). The smallest absolute Gasteiger partial charge is 0.387 e. The minimum Gasteiger partial charge on any atom is -0.493 e. The number of halogens is 2. The zero-order chi connectivity index (χ0) is 18.5. The van der Waals surface area contributed by atoms with Crippen LogP contribution in [0.15, 0.2) is 18.2 Å². The molecule has 2 heterocycles. The van der Waals surface area contributed by atoms with Crippen molar-refractivity contribution in [3.05, 3.63) is 23.8 Å². The fourth-order valence-corrected chi connectivity index (χ4v) is 4.09. The molecule has 26 heavy (non-hydrogen) atoms. The summed E-state index contributed by atoms with van der Waals surface area (Å²) in [5, 5.41) is 6.52. The van der Waals surface area contributed by atoms with Crippen molar-refractivity contribution >= 4 is 5.91 Å². The van der Waals surface area contributed by atoms with Crippen molar-refractivity contribution in [3.8, 4) is 11.5 Å². The molecular formula is C19H26F2N2O3. The Kier molecular flexibility index (Phi) is 6.29. The molecule has 1 amide bonds. The van der Waals surface area contributed by atoms with Crippen molar-refractivity contribution in [1.82, 2.24) is 10.6 Å². The van der Waals surface area contributed by atoms with Crippen LogP contribution in [0.5, 0.6) is 11.5 Å². The van der Waals surface area contributed by atoms with Gasteiger partial charge in [-0.1, -0.05) is 6.07 Å². The summed E-state index contributed by atoms with van der Waals surface area (Å²) in [4.78, 5) is 12.2. The lowest BCUT2D eigenvalue weighted by molar-refractivity contribution is -0.122. The molecule has 2 aliphatic heterocycles. The van der Waals surface area contributed by atoms with E-state index in [1.165, 1.54) is 26.0 Å². The largest absolute Gasteiger partial charge is 0.493 e. The van der Waals surface area contributed by atoms with E-state index in [9.17, 15) is 13.6 Å². The molecule has 2 bridgehead atoms. The number of amides is 1. The molecule has 0 spiro atoms. The number of carbonyl (C=O) groups excluding carboxylic acids is 1. The molecule has 1 aromatic carbocycles. The third-order valence-corrected chi connectivity index (χ3v) is 5.22. The van der Waals surface area contributed by atoms with Crippen LogP contribution in [-0.2, 0) is 11.2 Å². The summed E-state index contributed by atoms with van der Waals surface area (Å²) in [5.41, 5.74) is 0.807. The van der Waals surface area contributed by atoms with Crippen molar-refractivity contribution in [2.45, 2.75) is 57.2 Å². The van der Waals surface area contributed by atoms with Gasteiger partial charge in [0.05, 0.1) is 7.11 Å². The summed E-state index contributed by atoms with van der Waals surface area (Å²) < 4.78 is 34.4. The Hall–Kier alpha value is -1.89. The highest BCUT2D eigenvalue weighted by atomic mass is 19.3. The molecular weight excluding hydrogens is 342 g/mol. The first kappa shape index (κ1) is 18.9. The lowest BCUT2D eigenvalue weighted by atomic mass is 9.89. The predicted octanol–water partition coefficient (Wildman–Crippen LogP) is 2.88. The molecule has 2 fully saturated rings. The minimum absolute atomic E-state index is 0.0107. The lowest BCUT2D eigenvalue weighted by Gasteiger charge is -2.28. The second-order valence-electron chi connectivity index (χ2n) is 7.14. The van der Waals surface area contributed by atoms with Crippen LogP contribution in [0.25, 0.3) is 0 Å². The standard InChI is InChI=1S/C19H26F2N2O3/c1-25-16-5-2-12(10-17(16)26-19(20)21)6-7-22-18(24)11-13-8-14-3-4-15(9-13)23-14/h2,5,10,13-15,19,23H,3-4,6-9,11H2,1H3,(H,22,24). The quantitative estimate of drug-likeness (QED) is 0.741. The first-order valence-corrected chi connectivity index (χ1v) is 9.18. The first-order valence-electron chi connectivity index (χ1n) is 9.18. The number of hydrogen-bond donors (Lipinski definition) is 2. The summed E-state index contributed by atoms with van der Waals surface area (Å²) >= 11 is 0. The monoisotopic (exact) mass is 368 g/mol. The van der Waals surface area contributed by atoms with Gasteiger partial charge < -0.3 is 20.1 Å². The van der Waals surface area contributed by atoms with Gasteiger partial charge in [-0.25, -0.2) is 0 Å². The van der Waals surface area contributed by atoms with Gasteiger partial charge in [0.1, 0.15) is 0 Å². The summed E-state index contributed by atoms with van der Waals surface area (Å²) in [6, 6.07) is 6.08. The highest BCUT2D eigenvalue weighted by Crippen LogP contribution is 2.32. The van der Waals surface area contributed by atoms with E-state index in [1.807, 2.05) is 0 Å². The van der Waals surface area contributed by atoms with Crippen molar-refractivity contribution in [1.29, 1.82) is 0 Å². The summed E-state index contributed by atoms with van der Waals surface area (Å²) in [6.07, 6.45) is 5.73. The Morgan fingerprint density at radius 1 is 1.27 bits per heavy atom. The number of nitrogens with one attached hydrogen (secondary N) is 2. The fourth-order valence-electron chi connectivity index (χ4n) is 4.09. The Morgan fingerprint density at radius 3 is 2.65 bits per heavy atom. The molecule has 2 unspecified atom stereocenters. The van der Waals surface area contributed by atoms with Crippen LogP contribution in [0.3, 0.4) is 0 Å². The second kappa shape index (κ2) is 8.66. The van der Waals surface area contributed by atoms with Gasteiger partial charge in [0.2, 0.25) is 5.91 Å². The van der Waals surface area contributed by atoms with Gasteiger partial charge >= 0.3 is 6.61 Å². The number of carbonyl (C=O) groups is 1. The van der Waals surface area contributed by atoms with Crippen molar-refractivity contribution in [2.75, 3.05) is 13.7 Å². The van der Waals surface area contributed by atoms with E-state index in [2.05, 4.69) is 15.4 Å². The molecule has 0 saturated carbocycles. The van der Waals surface area contributed by atoms with Crippen LogP contribution < -0.4 is 20.1 Å². The van der Waals surface area contributed by atoms with Crippen molar-refractivity contribution in [2.24, 2.45) is 5.92 Å². The highest BCUT2D eigenvalue weighted by Gasteiger charge is 2.34. The molecule has 7 heteroatoms. The van der Waals surface area contributed by atoms with Gasteiger partial charge in [-0.05, 0) is 55.7 Å². The number of rotatable bonds is 8. The van der Waals surface area contributed by atoms with Gasteiger partial charge in [-0.2, -0.15) is 8.78 Å². The van der Waals surface area contributed by atoms with Gasteiger partial charge in [-0.15, -0.1) is 0 Å². The topological polar surface area (TPSA) is 59.6 Å². The summed E-state index contributed by atoms with van der Waals surface area (Å²) in [7, 11) is 1.40. The van der Waals surface area contributed by atoms with Crippen LogP contribution in [0.1, 0.15) is 37.7 Å². The Morgan fingerprint density at radius 2 is 2.00 bits per heavy atom. The molecule has 2 N–H and O–H groups in total. The molecule has 144 valence electrons. The normalized spacial score (nSPS) is 24.5. The lowest BCUT2D eigenvalue weighted by Crippen LogP contribution is -2.39. The van der Waals surface area contributed by atoms with Gasteiger partial charge in [0.15, 0.2) is 11.5 Å². The second-order valence-corrected chi connectivity index (χ2v) is 7.14. The molecule has 2 saturated heterocycles. The van der Waals surface area contributed by atoms with Crippen LogP contribution in [0.2, 0.25) is 0 Å². The van der Waals surface area contributed by atoms with E-state index < -0.39 is 6.61 Å². The number of hydrogen-bond acceptors (Lipinski definition) is 4. The Labute approximate surface area is 152 Å². The van der Waals surface area contributed by atoms with Gasteiger partial charge in [0, 0.05) is 25.0 Å². The molecule has 2 aliphatic rings. The molecule has 1 aromatic rings. The zero-order valence-corrected chi connectivity index (χ0v) is 15.0. The third-order valence-electron chi connectivity index (χ3n) is 5.22. The van der Waals surface area contributed by atoms with E-state index in [0.717, 1.165) is 18.4 Å². The number of piperidine rings is 1. The first-order chi connectivity index (χ1) is 12.5. The minimum atomic E-state index is -2.90. The van der Waals surface area contributed by atoms with E-state index in [0.29, 0.717) is 37.4 Å². The predicted molar refractivity (Wildman–Crippen MR) is 93.6 cm³/mol. The molecule has 5 nitrogen and oxygen atoms in total. The summed E-state index contributed by atoms with van der Waals surface area (Å²) in [5.74, 6) is 0.796. The van der Waals surface area contributed by atoms with Crippen LogP contribution in [0.4, 0.5) is 8.78 Å². The average Bonchev–Trinajstić information content (AvgIpc) is 2.93. The maximum Gasteiger partial charge on any atom is 0.387 e. The van der Waals surface area contributed by atoms with Crippen LogP contribution >= 0.6 is 0 Å². The van der Waals surface area contributed by atoms with Crippen LogP contribution in [0, 0.1) is 5.92 Å². The van der Waals surface area contributed by atoms with E-state index >= 15 is 0 Å². The zero-order valence-electron chi connectivity index (χ0n) is 15.0. The molecule has 0 aliphatic carbocycles. The average molecular weight is 368 g/mol. The fraction of sp³-hybridized carbons (Fsp3) is 0.632. The third kappa shape index (κ3) is 5.06. The van der Waals surface area contributed by atoms with Crippen molar-refractivity contribution in [3.63, 3.8) is 0 Å². The number of methoxy groups -OCH3 is 1. The van der Waals surface area contributed by atoms with Crippen LogP contribution in [-0.4, -0.2) is 38.3 Å². The van der Waals surface area contributed by atoms with Gasteiger partial charge in [-0.3, -0.25) is 4.79 Å². The van der Waals surface area contributed by atoms with E-state index in [-0.39, 0.29) is 17.4 Å². The SMILES string of the molecule is COc1ccc(CCNC(=O)CC2CC3CCC(C2)N3)cc1OC(F)F. The molecule has 0 radical (unpaired) electrons. The Bertz CT molecular complexity index is 615. The van der Waals surface area contributed by atoms with Gasteiger partial charge in [0.25, 0.3) is 0 Å². The van der Waals surface area contributed by atoms with E-state index in [4.69, 9.17) is 4.74 Å². The maximum atomic E-state index is 12.5. The maximum absolute atomic E-state index is 12.5. The number of fused-ring (bicyclic) bond motifs is 2. The van der Waals surface area contributed by atoms with Crippen molar-refractivity contribution < 1.29 is 23.0 Å². The summed E-state index contributed by atoms with van der Waals surface area (Å²) in [6.45, 7) is -2.43. The molecule has 0 aromatic heterocycles. The number of ether oxygens (including phenoxy) is 2. The molecule has 2 atom stereocenters. The Balaban J connectivity index is 1.44.